The third-order valence-electron chi connectivity index (χ3n) is 7.35. The molecule has 0 radical (unpaired) electrons. The number of aryl methyl sites for hydroxylation is 1. The number of piperidine rings is 1. The molecule has 1 atom stereocenters. The summed E-state index contributed by atoms with van der Waals surface area (Å²) < 4.78 is 33.7. The zero-order chi connectivity index (χ0) is 30.1. The van der Waals surface area contributed by atoms with E-state index in [9.17, 15) is 13.2 Å². The van der Waals surface area contributed by atoms with Gasteiger partial charge in [-0.15, -0.1) is 11.3 Å². The molecule has 1 fully saturated rings. The van der Waals surface area contributed by atoms with Crippen LogP contribution in [-0.2, 0) is 16.4 Å². The monoisotopic (exact) mass is 636 g/mol. The maximum atomic E-state index is 13.6. The molecule has 0 aliphatic carbocycles. The van der Waals surface area contributed by atoms with E-state index >= 15 is 0 Å². The van der Waals surface area contributed by atoms with Gasteiger partial charge in [0.15, 0.2) is 0 Å². The Hall–Kier alpha value is -3.84. The van der Waals surface area contributed by atoms with Gasteiger partial charge in [-0.3, -0.25) is 14.3 Å². The second-order valence-electron chi connectivity index (χ2n) is 10.3. The van der Waals surface area contributed by atoms with Crippen molar-refractivity contribution < 1.29 is 13.2 Å². The molecular weight excluding hydrogens is 608 g/mol. The topological polar surface area (TPSA) is 119 Å². The fraction of sp³-hybridized carbons (Fsp3) is 0.267. The molecule has 0 saturated carbocycles. The highest BCUT2D eigenvalue weighted by Gasteiger charge is 2.22. The minimum atomic E-state index is -3.76. The minimum Gasteiger partial charge on any atom is -0.489 e. The van der Waals surface area contributed by atoms with Crippen LogP contribution >= 0.6 is 22.9 Å². The van der Waals surface area contributed by atoms with Gasteiger partial charge in [0.25, 0.3) is 5.56 Å². The molecule has 6 rings (SSSR count). The fourth-order valence-corrected chi connectivity index (χ4v) is 7.76. The van der Waals surface area contributed by atoms with Crippen molar-refractivity contribution in [3.05, 3.63) is 81.8 Å². The van der Waals surface area contributed by atoms with E-state index in [1.807, 2.05) is 31.2 Å². The highest BCUT2D eigenvalue weighted by Crippen LogP contribution is 2.33. The SMILES string of the molecule is CCn1c(=O)c(-c2ccc(S(=O)(=O)c3cncs3)cc2Cl)cc2cnc(Nc3ccc(OC4CCCN(C)C4)cc3)nc21. The van der Waals surface area contributed by atoms with Crippen LogP contribution in [0.2, 0.25) is 5.02 Å². The van der Waals surface area contributed by atoms with E-state index in [2.05, 4.69) is 32.2 Å². The summed E-state index contributed by atoms with van der Waals surface area (Å²) in [6, 6.07) is 13.7. The highest BCUT2D eigenvalue weighted by atomic mass is 35.5. The molecule has 1 unspecified atom stereocenters. The molecule has 222 valence electrons. The van der Waals surface area contributed by atoms with E-state index in [4.69, 9.17) is 16.3 Å². The minimum absolute atomic E-state index is 0.0299. The zero-order valence-corrected chi connectivity index (χ0v) is 25.9. The molecule has 1 aliphatic heterocycles. The zero-order valence-electron chi connectivity index (χ0n) is 23.5. The molecule has 10 nitrogen and oxygen atoms in total. The van der Waals surface area contributed by atoms with Crippen molar-refractivity contribution in [3.63, 3.8) is 0 Å². The largest absolute Gasteiger partial charge is 0.489 e. The number of aromatic nitrogens is 4. The number of sulfone groups is 1. The van der Waals surface area contributed by atoms with Gasteiger partial charge >= 0.3 is 0 Å². The molecule has 43 heavy (non-hydrogen) atoms. The average Bonchev–Trinajstić information content (AvgIpc) is 3.55. The predicted molar refractivity (Wildman–Crippen MR) is 168 cm³/mol. The van der Waals surface area contributed by atoms with Crippen LogP contribution < -0.4 is 15.6 Å². The molecule has 0 amide bonds. The number of halogens is 1. The summed E-state index contributed by atoms with van der Waals surface area (Å²) in [5.74, 6) is 1.16. The summed E-state index contributed by atoms with van der Waals surface area (Å²) in [6.07, 6.45) is 5.30. The summed E-state index contributed by atoms with van der Waals surface area (Å²) in [5.41, 5.74) is 3.16. The highest BCUT2D eigenvalue weighted by molar-refractivity contribution is 7.93. The van der Waals surface area contributed by atoms with Crippen molar-refractivity contribution in [2.24, 2.45) is 0 Å². The Morgan fingerprint density at radius 3 is 2.63 bits per heavy atom. The number of likely N-dealkylation sites (tertiary alicyclic amines) is 1. The van der Waals surface area contributed by atoms with Crippen molar-refractivity contribution >= 4 is 55.4 Å². The second kappa shape index (κ2) is 12.0. The summed E-state index contributed by atoms with van der Waals surface area (Å²) in [6.45, 7) is 4.23. The lowest BCUT2D eigenvalue weighted by Crippen LogP contribution is -2.38. The van der Waals surface area contributed by atoms with Crippen LogP contribution in [0.4, 0.5) is 11.6 Å². The van der Waals surface area contributed by atoms with Gasteiger partial charge in [-0.1, -0.05) is 17.7 Å². The number of anilines is 2. The number of thiazole rings is 1. The van der Waals surface area contributed by atoms with E-state index in [0.29, 0.717) is 34.7 Å². The van der Waals surface area contributed by atoms with Gasteiger partial charge in [0.2, 0.25) is 15.8 Å². The fourth-order valence-electron chi connectivity index (χ4n) is 5.19. The van der Waals surface area contributed by atoms with Crippen molar-refractivity contribution in [1.29, 1.82) is 0 Å². The number of nitrogens with zero attached hydrogens (tertiary/aromatic N) is 5. The molecule has 0 bridgehead atoms. The van der Waals surface area contributed by atoms with E-state index in [1.165, 1.54) is 23.8 Å². The number of ether oxygens (including phenoxy) is 1. The molecule has 0 spiro atoms. The molecule has 2 aromatic carbocycles. The molecule has 13 heteroatoms. The maximum absolute atomic E-state index is 13.6. The summed E-state index contributed by atoms with van der Waals surface area (Å²) in [5, 5.41) is 3.99. The van der Waals surface area contributed by atoms with Crippen LogP contribution in [0.3, 0.4) is 0 Å². The molecule has 1 saturated heterocycles. The van der Waals surface area contributed by atoms with Crippen molar-refractivity contribution in [1.82, 2.24) is 24.4 Å². The Morgan fingerprint density at radius 1 is 1.12 bits per heavy atom. The van der Waals surface area contributed by atoms with Gasteiger partial charge in [0.1, 0.15) is 21.7 Å². The Morgan fingerprint density at radius 2 is 1.93 bits per heavy atom. The van der Waals surface area contributed by atoms with Crippen molar-refractivity contribution in [2.75, 3.05) is 25.5 Å². The molecular formula is C30H29ClN6O4S2. The number of nitrogens with one attached hydrogen (secondary N) is 1. The first-order chi connectivity index (χ1) is 20.7. The Labute approximate surface area is 257 Å². The quantitative estimate of drug-likeness (QED) is 0.231. The third kappa shape index (κ3) is 6.00. The number of fused-ring (bicyclic) bond motifs is 1. The molecule has 3 aromatic heterocycles. The number of hydrogen-bond donors (Lipinski definition) is 1. The number of pyridine rings is 1. The Bertz CT molecular complexity index is 1950. The third-order valence-corrected chi connectivity index (χ3v) is 10.7. The van der Waals surface area contributed by atoms with Crippen molar-refractivity contribution in [3.8, 4) is 16.9 Å². The van der Waals surface area contributed by atoms with Crippen molar-refractivity contribution in [2.45, 2.75) is 41.5 Å². The van der Waals surface area contributed by atoms with Crippen LogP contribution in [0.25, 0.3) is 22.2 Å². The van der Waals surface area contributed by atoms with Crippen LogP contribution in [0, 0.1) is 0 Å². The van der Waals surface area contributed by atoms with Crippen LogP contribution in [-0.4, -0.2) is 59.1 Å². The first-order valence-corrected chi connectivity index (χ1v) is 16.5. The lowest BCUT2D eigenvalue weighted by Gasteiger charge is -2.30. The first kappa shape index (κ1) is 29.2. The summed E-state index contributed by atoms with van der Waals surface area (Å²) in [7, 11) is -1.66. The standard InChI is InChI=1S/C30H29ClN6O4S2/c1-3-37-28-19(13-25(29(37)38)24-11-10-23(14-26(24)31)43(39,40)27-16-32-18-42-27)15-33-30(35-28)34-20-6-8-21(9-7-20)41-22-5-4-12-36(2)17-22/h6-11,13-16,18,22H,3-5,12,17H2,1-2H3,(H,33,34,35). The predicted octanol–water partition coefficient (Wildman–Crippen LogP) is 5.64. The summed E-state index contributed by atoms with van der Waals surface area (Å²) in [4.78, 5) is 28.9. The van der Waals surface area contributed by atoms with Gasteiger partial charge in [0, 0.05) is 46.5 Å². The van der Waals surface area contributed by atoms with Crippen LogP contribution in [0.5, 0.6) is 5.75 Å². The van der Waals surface area contributed by atoms with E-state index in [0.717, 1.165) is 48.7 Å². The van der Waals surface area contributed by atoms with E-state index in [-0.39, 0.29) is 25.8 Å². The van der Waals surface area contributed by atoms with E-state index < -0.39 is 9.84 Å². The number of benzene rings is 2. The molecule has 5 aromatic rings. The van der Waals surface area contributed by atoms with Gasteiger partial charge in [-0.05, 0) is 75.8 Å². The summed E-state index contributed by atoms with van der Waals surface area (Å²) >= 11 is 7.59. The van der Waals surface area contributed by atoms with Gasteiger partial charge in [-0.25, -0.2) is 13.4 Å². The lowest BCUT2D eigenvalue weighted by molar-refractivity contribution is 0.104. The molecule has 1 N–H and O–H groups in total. The first-order valence-electron chi connectivity index (χ1n) is 13.8. The van der Waals surface area contributed by atoms with Gasteiger partial charge in [-0.2, -0.15) is 4.98 Å². The molecule has 1 aliphatic rings. The smallest absolute Gasteiger partial charge is 0.260 e. The van der Waals surface area contributed by atoms with Crippen LogP contribution in [0.1, 0.15) is 19.8 Å². The lowest BCUT2D eigenvalue weighted by atomic mass is 10.1. The van der Waals surface area contributed by atoms with E-state index in [1.54, 1.807) is 22.9 Å². The maximum Gasteiger partial charge on any atom is 0.260 e. The second-order valence-corrected chi connectivity index (χ2v) is 13.8. The molecule has 4 heterocycles. The normalized spacial score (nSPS) is 15.9. The number of rotatable bonds is 8. The van der Waals surface area contributed by atoms with Crippen LogP contribution in [0.15, 0.2) is 80.3 Å². The number of hydrogen-bond acceptors (Lipinski definition) is 10. The Balaban J connectivity index is 1.26. The number of likely N-dealkylation sites (N-methyl/N-ethyl adjacent to an activating group) is 1. The average molecular weight is 637 g/mol. The van der Waals surface area contributed by atoms with Gasteiger partial charge < -0.3 is 15.0 Å². The Kier molecular flexibility index (Phi) is 8.19. The van der Waals surface area contributed by atoms with Gasteiger partial charge in [0.05, 0.1) is 16.6 Å².